The first kappa shape index (κ1) is 95.3. The summed E-state index contributed by atoms with van der Waals surface area (Å²) in [6, 6.07) is 79.4. The second-order valence-corrected chi connectivity index (χ2v) is 31.4. The molecule has 0 atom stereocenters. The highest BCUT2D eigenvalue weighted by Crippen LogP contribution is 2.36. The van der Waals surface area contributed by atoms with Crippen LogP contribution in [0.15, 0.2) is 237 Å². The predicted octanol–water partition coefficient (Wildman–Crippen LogP) is 25.7. The van der Waals surface area contributed by atoms with Crippen LogP contribution >= 0.6 is 0 Å². The minimum Gasteiger partial charge on any atom is -0.497 e. The Hall–Kier alpha value is -14.3. The minimum atomic E-state index is -0.365. The van der Waals surface area contributed by atoms with Crippen LogP contribution in [-0.4, -0.2) is 81.2 Å². The van der Waals surface area contributed by atoms with Crippen molar-refractivity contribution in [3.8, 4) is 151 Å². The molecule has 11 aromatic carbocycles. The van der Waals surface area contributed by atoms with E-state index in [0.717, 1.165) is 184 Å². The average Bonchev–Trinajstić information content (AvgIpc) is 0.760. The molecule has 0 saturated carbocycles. The van der Waals surface area contributed by atoms with Gasteiger partial charge in [0.25, 0.3) is 0 Å². The lowest BCUT2D eigenvalue weighted by Gasteiger charge is -2.17. The number of hydrogen-bond donors (Lipinski definition) is 0. The molecule has 0 aliphatic carbocycles. The van der Waals surface area contributed by atoms with E-state index in [1.54, 1.807) is 47.7 Å². The normalized spacial score (nSPS) is 10.4. The molecule has 0 aliphatic rings. The molecule has 0 N–H and O–H groups in total. The van der Waals surface area contributed by atoms with Crippen LogP contribution in [0.25, 0.3) is 22.3 Å². The van der Waals surface area contributed by atoms with E-state index in [1.165, 1.54) is 38.5 Å². The molecule has 129 heavy (non-hydrogen) atoms. The molecule has 0 aromatic heterocycles. The molecule has 0 amide bonds. The van der Waals surface area contributed by atoms with Crippen LogP contribution in [0.2, 0.25) is 0 Å². The van der Waals surface area contributed by atoms with Crippen molar-refractivity contribution in [1.29, 1.82) is 10.5 Å². The number of nitrogens with zero attached hydrogens (tertiary/aromatic N) is 2. The summed E-state index contributed by atoms with van der Waals surface area (Å²) in [4.78, 5) is 13.7. The summed E-state index contributed by atoms with van der Waals surface area (Å²) in [6.45, 7) is 3.17. The van der Waals surface area contributed by atoms with Gasteiger partial charge in [-0.15, -0.1) is 0 Å². The van der Waals surface area contributed by atoms with Crippen LogP contribution in [0, 0.1) is 81.9 Å². The molecule has 14 nitrogen and oxygen atoms in total. The van der Waals surface area contributed by atoms with Gasteiger partial charge in [0.2, 0.25) is 0 Å². The molecule has 11 aromatic rings. The van der Waals surface area contributed by atoms with Crippen molar-refractivity contribution in [2.24, 2.45) is 0 Å². The van der Waals surface area contributed by atoms with Crippen LogP contribution in [0.3, 0.4) is 0 Å². The van der Waals surface area contributed by atoms with Gasteiger partial charge in [-0.1, -0.05) is 230 Å². The highest BCUT2D eigenvalue weighted by atomic mass is 16.5. The molecule has 11 rings (SSSR count). The topological polar surface area (TPSA) is 166 Å². The van der Waals surface area contributed by atoms with Crippen molar-refractivity contribution in [2.45, 2.75) is 161 Å². The van der Waals surface area contributed by atoms with E-state index in [2.05, 4.69) is 95.6 Å². The third-order valence-electron chi connectivity index (χ3n) is 22.0. The van der Waals surface area contributed by atoms with Gasteiger partial charge in [-0.2, -0.15) is 10.5 Å². The van der Waals surface area contributed by atoms with Crippen LogP contribution in [0.5, 0.6) is 57.5 Å². The summed E-state index contributed by atoms with van der Waals surface area (Å²) >= 11 is 0. The Kier molecular flexibility index (Phi) is 40.3. The maximum Gasteiger partial charge on any atom is 0.338 e. The van der Waals surface area contributed by atoms with Crippen molar-refractivity contribution >= 4 is 5.97 Å². The third-order valence-corrected chi connectivity index (χ3v) is 22.0. The molecular formula is C115H116N2O12. The number of benzene rings is 11. The third kappa shape index (κ3) is 32.2. The SMILES string of the molecule is COc1ccc(C#Cc2c(C#Cc3ccc(OC)cc3)c(C#Cc3ccc(OC)cc3)c(OCCCCCCCCCCCOC(=O)c3ccc(OCCCCCCCCCCOc4ccc(-c5ccc(C#N)cc5)cc4)c(OCCCCCCCCCCOc4ccc(-c5ccc(C#N)cc5)cc4)c3)c(C#Cc3ccc(OC)cc3)c2C#Cc2ccc(OC)cc2)cc1. The highest BCUT2D eigenvalue weighted by molar-refractivity contribution is 5.90. The van der Waals surface area contributed by atoms with Crippen molar-refractivity contribution in [1.82, 2.24) is 0 Å². The minimum absolute atomic E-state index is 0.336. The molecule has 0 aliphatic heterocycles. The van der Waals surface area contributed by atoms with E-state index >= 15 is 0 Å². The van der Waals surface area contributed by atoms with Crippen LogP contribution in [-0.2, 0) is 4.74 Å². The molecule has 0 radical (unpaired) electrons. The van der Waals surface area contributed by atoms with Gasteiger partial charge < -0.3 is 52.1 Å². The van der Waals surface area contributed by atoms with Crippen molar-refractivity contribution < 1.29 is 56.9 Å². The molecule has 0 heterocycles. The lowest BCUT2D eigenvalue weighted by atomic mass is 9.89. The molecular weight excluding hydrogens is 1600 g/mol. The highest BCUT2D eigenvalue weighted by Gasteiger charge is 2.24. The first-order valence-electron chi connectivity index (χ1n) is 45.3. The Bertz CT molecular complexity index is 5580. The second-order valence-electron chi connectivity index (χ2n) is 31.4. The number of methoxy groups -OCH3 is 5. The van der Waals surface area contributed by atoms with Gasteiger partial charge in [0.15, 0.2) is 17.2 Å². The summed E-state index contributed by atoms with van der Waals surface area (Å²) < 4.78 is 65.6. The number of carbonyl (C=O) groups excluding carboxylic acids is 1. The summed E-state index contributed by atoms with van der Waals surface area (Å²) in [5, 5.41) is 18.3. The van der Waals surface area contributed by atoms with Crippen LogP contribution in [0.1, 0.15) is 238 Å². The van der Waals surface area contributed by atoms with Gasteiger partial charge in [0.1, 0.15) is 40.2 Å². The van der Waals surface area contributed by atoms with Crippen LogP contribution < -0.4 is 47.4 Å². The first-order valence-corrected chi connectivity index (χ1v) is 45.3. The Balaban J connectivity index is 0.669. The lowest BCUT2D eigenvalue weighted by molar-refractivity contribution is 0.0497. The van der Waals surface area contributed by atoms with Crippen molar-refractivity contribution in [3.63, 3.8) is 0 Å². The monoisotopic (exact) mass is 1720 g/mol. The maximum absolute atomic E-state index is 13.7. The molecule has 0 unspecified atom stereocenters. The molecule has 0 bridgehead atoms. The fraction of sp³-hybridized carbons (Fsp3) is 0.313. The Morgan fingerprint density at radius 1 is 0.225 bits per heavy atom. The van der Waals surface area contributed by atoms with Gasteiger partial charge >= 0.3 is 5.97 Å². The first-order chi connectivity index (χ1) is 63.6. The molecule has 14 heteroatoms. The average molecular weight is 1720 g/mol. The summed E-state index contributed by atoms with van der Waals surface area (Å²) in [6.07, 6.45) is 26.3. The van der Waals surface area contributed by atoms with Gasteiger partial charge in [-0.05, 0) is 249 Å². The quantitative estimate of drug-likeness (QED) is 0.0201. The zero-order chi connectivity index (χ0) is 89.9. The van der Waals surface area contributed by atoms with Crippen molar-refractivity contribution in [2.75, 3.05) is 75.2 Å². The smallest absolute Gasteiger partial charge is 0.338 e. The maximum atomic E-state index is 13.7. The molecule has 0 saturated heterocycles. The van der Waals surface area contributed by atoms with Gasteiger partial charge in [-0.25, -0.2) is 4.79 Å². The molecule has 0 fully saturated rings. The summed E-state index contributed by atoms with van der Waals surface area (Å²) in [5.74, 6) is 41.6. The fourth-order valence-electron chi connectivity index (χ4n) is 14.5. The number of esters is 1. The number of nitriles is 2. The van der Waals surface area contributed by atoms with E-state index in [9.17, 15) is 4.79 Å². The standard InChI is InChI=1S/C115H116N2O12/c1-119-100-59-35-88(36-60-100)45-73-107-108(74-46-89-37-61-101(120-2)62-38-89)110(76-48-91-41-65-103(122-4)66-42-91)114(111(77-49-92-43-67-104(123-5)68-44-92)109(107)75-47-90-39-63-102(121-3)64-40-90)128-83-29-23-17-7-6-8-18-24-30-84-129-115(118)99-58-78-112(126-81-27-21-15-11-9-13-19-25-79-124-105-69-54-97(55-70-105)95-50-31-93(86-116)32-51-95)113(85-99)127-82-28-22-16-12-10-14-20-26-80-125-106-71-56-98(57-72-106)96-52-33-94(87-117)34-53-96/h31-44,50-72,78,85H,6-30,79-84H2,1-5H3. The number of hydrogen-bond acceptors (Lipinski definition) is 14. The van der Waals surface area contributed by atoms with Gasteiger partial charge in [0.05, 0.1) is 132 Å². The van der Waals surface area contributed by atoms with Crippen LogP contribution in [0.4, 0.5) is 0 Å². The van der Waals surface area contributed by atoms with Gasteiger partial charge in [-0.3, -0.25) is 0 Å². The molecule has 0 spiro atoms. The largest absolute Gasteiger partial charge is 0.497 e. The van der Waals surface area contributed by atoms with E-state index in [0.29, 0.717) is 130 Å². The number of carbonyl (C=O) groups is 1. The van der Waals surface area contributed by atoms with E-state index in [1.807, 2.05) is 200 Å². The number of ether oxygens (including phenoxy) is 11. The lowest BCUT2D eigenvalue weighted by Crippen LogP contribution is -2.08. The van der Waals surface area contributed by atoms with Crippen molar-refractivity contribution in [3.05, 3.63) is 309 Å². The van der Waals surface area contributed by atoms with E-state index < -0.39 is 0 Å². The fourth-order valence-corrected chi connectivity index (χ4v) is 14.5. The molecule has 658 valence electrons. The summed E-state index contributed by atoms with van der Waals surface area (Å²) in [5.41, 5.74) is 12.5. The Morgan fingerprint density at radius 3 is 0.752 bits per heavy atom. The zero-order valence-electron chi connectivity index (χ0n) is 75.2. The second kappa shape index (κ2) is 54.5. The predicted molar refractivity (Wildman–Crippen MR) is 514 cm³/mol. The van der Waals surface area contributed by atoms with E-state index in [-0.39, 0.29) is 5.97 Å². The van der Waals surface area contributed by atoms with E-state index in [4.69, 9.17) is 62.6 Å². The number of rotatable bonds is 47. The van der Waals surface area contributed by atoms with Gasteiger partial charge in [0, 0.05) is 27.8 Å². The Labute approximate surface area is 764 Å². The zero-order valence-corrected chi connectivity index (χ0v) is 75.2. The Morgan fingerprint density at radius 2 is 0.457 bits per heavy atom. The number of unbranched alkanes of at least 4 members (excludes halogenated alkanes) is 22. The summed E-state index contributed by atoms with van der Waals surface area (Å²) in [7, 11) is 8.19.